The number of rotatable bonds is 9. The van der Waals surface area contributed by atoms with Gasteiger partial charge in [-0.2, -0.15) is 0 Å². The highest BCUT2D eigenvalue weighted by Crippen LogP contribution is 2.18. The molecular weight excluding hydrogens is 400 g/mol. The maximum absolute atomic E-state index is 12.2. The summed E-state index contributed by atoms with van der Waals surface area (Å²) in [4.78, 5) is 27.9. The van der Waals surface area contributed by atoms with Gasteiger partial charge in [-0.05, 0) is 36.3 Å². The maximum Gasteiger partial charge on any atom is 0.311 e. The average molecular weight is 423 g/mol. The van der Waals surface area contributed by atoms with Crippen LogP contribution in [0.2, 0.25) is 0 Å². The number of ether oxygens (including phenoxy) is 2. The average Bonchev–Trinajstić information content (AvgIpc) is 3.18. The highest BCUT2D eigenvalue weighted by molar-refractivity contribution is 7.14. The summed E-state index contributed by atoms with van der Waals surface area (Å²) in [5.74, 6) is 0.0857. The predicted octanol–water partition coefficient (Wildman–Crippen LogP) is 4.48. The molecule has 0 unspecified atom stereocenters. The first-order valence-electron chi connectivity index (χ1n) is 9.48. The van der Waals surface area contributed by atoms with Gasteiger partial charge in [0.05, 0.1) is 18.7 Å². The Kier molecular flexibility index (Phi) is 7.74. The van der Waals surface area contributed by atoms with Gasteiger partial charge < -0.3 is 9.47 Å². The summed E-state index contributed by atoms with van der Waals surface area (Å²) in [6.07, 6.45) is 3.23. The molecule has 1 heterocycles. The van der Waals surface area contributed by atoms with Crippen molar-refractivity contribution in [1.29, 1.82) is 0 Å². The number of nitrogens with one attached hydrogen (secondary N) is 1. The second-order valence-corrected chi connectivity index (χ2v) is 7.15. The molecule has 1 N–H and O–H groups in total. The minimum absolute atomic E-state index is 0.0891. The molecular formula is C23H22N2O4S. The Hall–Kier alpha value is -3.45. The number of hydrogen-bond acceptors (Lipinski definition) is 6. The van der Waals surface area contributed by atoms with E-state index in [4.69, 9.17) is 9.47 Å². The molecule has 7 heteroatoms. The van der Waals surface area contributed by atoms with Crippen molar-refractivity contribution in [3.05, 3.63) is 82.9 Å². The molecule has 154 valence electrons. The summed E-state index contributed by atoms with van der Waals surface area (Å²) in [5.41, 5.74) is 2.50. The van der Waals surface area contributed by atoms with Crippen molar-refractivity contribution in [2.75, 3.05) is 11.9 Å². The maximum atomic E-state index is 12.2. The van der Waals surface area contributed by atoms with Gasteiger partial charge in [-0.15, -0.1) is 11.3 Å². The van der Waals surface area contributed by atoms with E-state index in [1.807, 2.05) is 54.6 Å². The molecule has 3 rings (SSSR count). The lowest BCUT2D eigenvalue weighted by Gasteiger charge is -2.06. The summed E-state index contributed by atoms with van der Waals surface area (Å²) < 4.78 is 10.7. The molecule has 0 aliphatic carbocycles. The minimum Gasteiger partial charge on any atom is -0.489 e. The van der Waals surface area contributed by atoms with Gasteiger partial charge in [0.1, 0.15) is 12.4 Å². The van der Waals surface area contributed by atoms with E-state index in [0.29, 0.717) is 24.0 Å². The van der Waals surface area contributed by atoms with Crippen LogP contribution in [0.5, 0.6) is 5.75 Å². The van der Waals surface area contributed by atoms with Crippen LogP contribution in [0.25, 0.3) is 6.08 Å². The molecule has 6 nitrogen and oxygen atoms in total. The summed E-state index contributed by atoms with van der Waals surface area (Å²) in [5, 5.41) is 4.86. The number of hydrogen-bond donors (Lipinski definition) is 1. The van der Waals surface area contributed by atoms with Crippen molar-refractivity contribution >= 4 is 34.4 Å². The topological polar surface area (TPSA) is 77.5 Å². The number of esters is 1. The molecule has 0 aliphatic heterocycles. The van der Waals surface area contributed by atoms with Crippen molar-refractivity contribution < 1.29 is 19.1 Å². The van der Waals surface area contributed by atoms with Gasteiger partial charge in [-0.1, -0.05) is 42.5 Å². The van der Waals surface area contributed by atoms with Crippen LogP contribution in [-0.4, -0.2) is 23.5 Å². The van der Waals surface area contributed by atoms with Gasteiger partial charge >= 0.3 is 5.97 Å². The van der Waals surface area contributed by atoms with E-state index in [0.717, 1.165) is 16.9 Å². The van der Waals surface area contributed by atoms with E-state index in [2.05, 4.69) is 10.3 Å². The Morgan fingerprint density at radius 1 is 1.13 bits per heavy atom. The fraction of sp³-hybridized carbons (Fsp3) is 0.174. The molecule has 1 aromatic heterocycles. The van der Waals surface area contributed by atoms with E-state index in [1.54, 1.807) is 18.4 Å². The lowest BCUT2D eigenvalue weighted by molar-refractivity contribution is -0.142. The van der Waals surface area contributed by atoms with Crippen molar-refractivity contribution in [3.8, 4) is 5.75 Å². The Balaban J connectivity index is 1.52. The second kappa shape index (κ2) is 10.9. The van der Waals surface area contributed by atoms with Crippen LogP contribution in [-0.2, 0) is 27.4 Å². The molecule has 0 saturated carbocycles. The first-order chi connectivity index (χ1) is 14.6. The van der Waals surface area contributed by atoms with Crippen LogP contribution in [0.1, 0.15) is 23.7 Å². The number of carbonyl (C=O) groups is 2. The fourth-order valence-electron chi connectivity index (χ4n) is 2.57. The van der Waals surface area contributed by atoms with Gasteiger partial charge in [-0.25, -0.2) is 4.98 Å². The van der Waals surface area contributed by atoms with Crippen LogP contribution >= 0.6 is 11.3 Å². The predicted molar refractivity (Wildman–Crippen MR) is 117 cm³/mol. The molecule has 0 radical (unpaired) electrons. The molecule has 0 spiro atoms. The van der Waals surface area contributed by atoms with E-state index in [-0.39, 0.29) is 18.3 Å². The normalized spacial score (nSPS) is 10.7. The lowest BCUT2D eigenvalue weighted by atomic mass is 10.2. The smallest absolute Gasteiger partial charge is 0.311 e. The zero-order valence-electron chi connectivity index (χ0n) is 16.5. The van der Waals surface area contributed by atoms with E-state index >= 15 is 0 Å². The second-order valence-electron chi connectivity index (χ2n) is 6.30. The largest absolute Gasteiger partial charge is 0.489 e. The van der Waals surface area contributed by atoms with Gasteiger partial charge in [0.2, 0.25) is 5.91 Å². The van der Waals surface area contributed by atoms with Gasteiger partial charge in [0, 0.05) is 11.5 Å². The van der Waals surface area contributed by atoms with Crippen molar-refractivity contribution in [3.63, 3.8) is 0 Å². The van der Waals surface area contributed by atoms with Crippen LogP contribution in [0.15, 0.2) is 66.1 Å². The lowest BCUT2D eigenvalue weighted by Crippen LogP contribution is -2.09. The third-order valence-electron chi connectivity index (χ3n) is 3.95. The number of nitrogens with zero attached hydrogens (tertiary/aromatic N) is 1. The van der Waals surface area contributed by atoms with Gasteiger partial charge in [0.15, 0.2) is 5.13 Å². The van der Waals surface area contributed by atoms with E-state index in [1.165, 1.54) is 17.4 Å². The third-order valence-corrected chi connectivity index (χ3v) is 4.75. The molecule has 30 heavy (non-hydrogen) atoms. The molecule has 3 aromatic rings. The Morgan fingerprint density at radius 2 is 1.97 bits per heavy atom. The van der Waals surface area contributed by atoms with Crippen molar-refractivity contribution in [2.24, 2.45) is 0 Å². The van der Waals surface area contributed by atoms with Gasteiger partial charge in [0.25, 0.3) is 0 Å². The Morgan fingerprint density at radius 3 is 2.77 bits per heavy atom. The minimum atomic E-state index is -0.338. The quantitative estimate of drug-likeness (QED) is 0.406. The highest BCUT2D eigenvalue weighted by Gasteiger charge is 2.09. The first-order valence-corrected chi connectivity index (χ1v) is 10.4. The molecule has 0 atom stereocenters. The SMILES string of the molecule is CCOC(=O)Cc1csc(NC(=O)/C=C/c2cccc(OCc3ccccc3)c2)n1. The molecule has 0 aliphatic rings. The number of anilines is 1. The highest BCUT2D eigenvalue weighted by atomic mass is 32.1. The van der Waals surface area contributed by atoms with Crippen LogP contribution in [0, 0.1) is 0 Å². The Labute approximate surface area is 179 Å². The van der Waals surface area contributed by atoms with Crippen molar-refractivity contribution in [1.82, 2.24) is 4.98 Å². The summed E-state index contributed by atoms with van der Waals surface area (Å²) >= 11 is 1.26. The van der Waals surface area contributed by atoms with Gasteiger partial charge in [-0.3, -0.25) is 14.9 Å². The number of benzene rings is 2. The Bertz CT molecular complexity index is 1010. The van der Waals surface area contributed by atoms with Crippen LogP contribution < -0.4 is 10.1 Å². The summed E-state index contributed by atoms with van der Waals surface area (Å²) in [7, 11) is 0. The molecule has 0 saturated heterocycles. The number of thiazole rings is 1. The zero-order valence-corrected chi connectivity index (χ0v) is 17.4. The van der Waals surface area contributed by atoms with E-state index in [9.17, 15) is 9.59 Å². The number of carbonyl (C=O) groups excluding carboxylic acids is 2. The first kappa shape index (κ1) is 21.3. The fourth-order valence-corrected chi connectivity index (χ4v) is 3.29. The third kappa shape index (κ3) is 6.86. The van der Waals surface area contributed by atoms with Crippen LogP contribution in [0.3, 0.4) is 0 Å². The number of amides is 1. The zero-order chi connectivity index (χ0) is 21.2. The van der Waals surface area contributed by atoms with E-state index < -0.39 is 0 Å². The molecule has 1 amide bonds. The molecule has 0 bridgehead atoms. The van der Waals surface area contributed by atoms with Crippen LogP contribution in [0.4, 0.5) is 5.13 Å². The van der Waals surface area contributed by atoms with Crippen molar-refractivity contribution in [2.45, 2.75) is 20.0 Å². The number of aromatic nitrogens is 1. The standard InChI is InChI=1S/C23H22N2O4S/c1-2-28-22(27)14-19-16-30-23(24-19)25-21(26)12-11-17-9-6-10-20(13-17)29-15-18-7-4-3-5-8-18/h3-13,16H,2,14-15H2,1H3,(H,24,25,26)/b12-11+. The summed E-state index contributed by atoms with van der Waals surface area (Å²) in [6, 6.07) is 17.4. The molecule has 2 aromatic carbocycles. The summed E-state index contributed by atoms with van der Waals surface area (Å²) in [6.45, 7) is 2.56. The molecule has 0 fully saturated rings. The monoisotopic (exact) mass is 422 g/mol.